The molecule has 6 nitrogen and oxygen atoms in total. The zero-order valence-electron chi connectivity index (χ0n) is 17.7. The van der Waals surface area contributed by atoms with Crippen LogP contribution >= 0.6 is 24.0 Å². The summed E-state index contributed by atoms with van der Waals surface area (Å²) < 4.78 is 5.40. The number of rotatable bonds is 7. The van der Waals surface area contributed by atoms with Crippen molar-refractivity contribution in [2.24, 2.45) is 4.99 Å². The summed E-state index contributed by atoms with van der Waals surface area (Å²) in [6.45, 7) is 2.25. The highest BCUT2D eigenvalue weighted by Gasteiger charge is 2.19. The first kappa shape index (κ1) is 24.0. The van der Waals surface area contributed by atoms with Crippen molar-refractivity contribution in [3.05, 3.63) is 59.7 Å². The molecule has 30 heavy (non-hydrogen) atoms. The average molecular weight is 522 g/mol. The minimum atomic E-state index is 0. The minimum absolute atomic E-state index is 0. The summed E-state index contributed by atoms with van der Waals surface area (Å²) in [5.74, 6) is 1.89. The molecule has 1 amide bonds. The van der Waals surface area contributed by atoms with Gasteiger partial charge in [0.15, 0.2) is 5.96 Å². The Labute approximate surface area is 196 Å². The smallest absolute Gasteiger partial charge is 0.226 e. The van der Waals surface area contributed by atoms with Crippen LogP contribution in [-0.4, -0.2) is 39.1 Å². The van der Waals surface area contributed by atoms with Crippen LogP contribution in [0.4, 0.5) is 5.69 Å². The molecule has 1 saturated heterocycles. The molecule has 2 N–H and O–H groups in total. The lowest BCUT2D eigenvalue weighted by atomic mass is 10.1. The summed E-state index contributed by atoms with van der Waals surface area (Å²) in [7, 11) is 3.46. The molecule has 1 fully saturated rings. The number of anilines is 1. The first-order valence-electron chi connectivity index (χ1n) is 10.2. The first-order chi connectivity index (χ1) is 14.2. The van der Waals surface area contributed by atoms with Gasteiger partial charge in [0.1, 0.15) is 5.75 Å². The van der Waals surface area contributed by atoms with Crippen LogP contribution in [0.1, 0.15) is 30.4 Å². The molecule has 0 bridgehead atoms. The maximum Gasteiger partial charge on any atom is 0.226 e. The number of halogens is 1. The molecule has 162 valence electrons. The van der Waals surface area contributed by atoms with Crippen LogP contribution in [-0.2, 0) is 17.8 Å². The van der Waals surface area contributed by atoms with Gasteiger partial charge in [-0.1, -0.05) is 30.3 Å². The highest BCUT2D eigenvalue weighted by molar-refractivity contribution is 14.0. The number of carbonyl (C=O) groups is 1. The van der Waals surface area contributed by atoms with Gasteiger partial charge in [-0.25, -0.2) is 0 Å². The molecule has 2 aromatic rings. The van der Waals surface area contributed by atoms with E-state index in [2.05, 4.69) is 33.8 Å². The van der Waals surface area contributed by atoms with Gasteiger partial charge in [0.25, 0.3) is 0 Å². The van der Waals surface area contributed by atoms with E-state index in [9.17, 15) is 4.79 Å². The fourth-order valence-corrected chi connectivity index (χ4v) is 3.50. The van der Waals surface area contributed by atoms with Gasteiger partial charge in [0.2, 0.25) is 5.91 Å². The van der Waals surface area contributed by atoms with Crippen LogP contribution in [0.5, 0.6) is 5.75 Å². The molecule has 7 heteroatoms. The molecule has 0 atom stereocenters. The van der Waals surface area contributed by atoms with Crippen molar-refractivity contribution in [2.45, 2.75) is 32.2 Å². The molecule has 1 aliphatic rings. The van der Waals surface area contributed by atoms with Crippen molar-refractivity contribution >= 4 is 41.5 Å². The number of hydrogen-bond donors (Lipinski definition) is 2. The monoisotopic (exact) mass is 522 g/mol. The summed E-state index contributed by atoms with van der Waals surface area (Å²) in [5, 5.41) is 6.67. The van der Waals surface area contributed by atoms with E-state index in [0.717, 1.165) is 55.3 Å². The third-order valence-corrected chi connectivity index (χ3v) is 5.13. The lowest BCUT2D eigenvalue weighted by Gasteiger charge is -2.26. The van der Waals surface area contributed by atoms with Gasteiger partial charge in [0.05, 0.1) is 7.11 Å². The Morgan fingerprint density at radius 1 is 1.10 bits per heavy atom. The summed E-state index contributed by atoms with van der Waals surface area (Å²) >= 11 is 0. The van der Waals surface area contributed by atoms with Crippen LogP contribution in [0.3, 0.4) is 0 Å². The van der Waals surface area contributed by atoms with E-state index in [1.165, 1.54) is 5.56 Å². The minimum Gasteiger partial charge on any atom is -0.496 e. The molecule has 0 spiro atoms. The fraction of sp³-hybridized carbons (Fsp3) is 0.391. The average Bonchev–Trinajstić information content (AvgIpc) is 2.77. The number of aliphatic imine (C=N–C) groups is 1. The summed E-state index contributed by atoms with van der Waals surface area (Å²) in [6.07, 6.45) is 3.58. The predicted octanol–water partition coefficient (Wildman–Crippen LogP) is 3.74. The van der Waals surface area contributed by atoms with Crippen molar-refractivity contribution in [1.82, 2.24) is 10.6 Å². The number of para-hydroxylation sites is 1. The van der Waals surface area contributed by atoms with E-state index in [1.54, 1.807) is 14.2 Å². The highest BCUT2D eigenvalue weighted by atomic mass is 127. The Morgan fingerprint density at radius 3 is 2.57 bits per heavy atom. The number of amides is 1. The zero-order chi connectivity index (χ0) is 20.5. The molecule has 1 aliphatic heterocycles. The Balaban J connectivity index is 0.00000320. The molecule has 0 radical (unpaired) electrons. The normalized spacial score (nSPS) is 14.1. The lowest BCUT2D eigenvalue weighted by Crippen LogP contribution is -2.38. The standard InChI is InChI=1S/C23H30N4O2.HI/c1-24-23(25-15-14-19-7-3-4-8-21(19)29-2)26-17-18-10-12-20(13-11-18)27-16-6-5-9-22(27)28;/h3-4,7-8,10-13H,5-6,9,14-17H2,1-2H3,(H2,24,25,26);1H. The lowest BCUT2D eigenvalue weighted by molar-refractivity contribution is -0.119. The predicted molar refractivity (Wildman–Crippen MR) is 133 cm³/mol. The van der Waals surface area contributed by atoms with Crippen molar-refractivity contribution < 1.29 is 9.53 Å². The summed E-state index contributed by atoms with van der Waals surface area (Å²) in [4.78, 5) is 18.2. The van der Waals surface area contributed by atoms with Gasteiger partial charge in [-0.05, 0) is 48.6 Å². The van der Waals surface area contributed by atoms with Gasteiger partial charge in [-0.15, -0.1) is 24.0 Å². The second kappa shape index (κ2) is 12.4. The first-order valence-corrected chi connectivity index (χ1v) is 10.2. The second-order valence-corrected chi connectivity index (χ2v) is 7.08. The quantitative estimate of drug-likeness (QED) is 0.331. The van der Waals surface area contributed by atoms with Gasteiger partial charge in [-0.3, -0.25) is 9.79 Å². The van der Waals surface area contributed by atoms with Crippen molar-refractivity contribution in [1.29, 1.82) is 0 Å². The van der Waals surface area contributed by atoms with Crippen LogP contribution < -0.4 is 20.3 Å². The number of hydrogen-bond acceptors (Lipinski definition) is 3. The molecule has 0 aromatic heterocycles. The number of methoxy groups -OCH3 is 1. The number of guanidine groups is 1. The molecule has 0 aliphatic carbocycles. The Kier molecular flexibility index (Phi) is 9.93. The molecule has 0 unspecified atom stereocenters. The fourth-order valence-electron chi connectivity index (χ4n) is 3.50. The highest BCUT2D eigenvalue weighted by Crippen LogP contribution is 2.21. The van der Waals surface area contributed by atoms with Crippen LogP contribution in [0.15, 0.2) is 53.5 Å². The Bertz CT molecular complexity index is 839. The molecule has 1 heterocycles. The van der Waals surface area contributed by atoms with E-state index >= 15 is 0 Å². The maximum absolute atomic E-state index is 12.1. The van der Waals surface area contributed by atoms with E-state index in [4.69, 9.17) is 4.74 Å². The zero-order valence-corrected chi connectivity index (χ0v) is 20.0. The molecular formula is C23H31IN4O2. The van der Waals surface area contributed by atoms with E-state index < -0.39 is 0 Å². The number of benzene rings is 2. The van der Waals surface area contributed by atoms with Gasteiger partial charge in [-0.2, -0.15) is 0 Å². The number of carbonyl (C=O) groups excluding carboxylic acids is 1. The molecular weight excluding hydrogens is 491 g/mol. The summed E-state index contributed by atoms with van der Waals surface area (Å²) in [6, 6.07) is 16.2. The summed E-state index contributed by atoms with van der Waals surface area (Å²) in [5.41, 5.74) is 3.30. The van der Waals surface area contributed by atoms with Gasteiger partial charge in [0, 0.05) is 38.8 Å². The third-order valence-electron chi connectivity index (χ3n) is 5.13. The second-order valence-electron chi connectivity index (χ2n) is 7.08. The largest absolute Gasteiger partial charge is 0.496 e. The van der Waals surface area contributed by atoms with Crippen molar-refractivity contribution in [2.75, 3.05) is 32.1 Å². The Hall–Kier alpha value is -2.29. The van der Waals surface area contributed by atoms with E-state index in [1.807, 2.05) is 35.2 Å². The molecule has 2 aromatic carbocycles. The van der Waals surface area contributed by atoms with E-state index in [-0.39, 0.29) is 29.9 Å². The third kappa shape index (κ3) is 6.62. The number of piperidine rings is 1. The van der Waals surface area contributed by atoms with Crippen LogP contribution in [0.25, 0.3) is 0 Å². The molecule has 0 saturated carbocycles. The van der Waals surface area contributed by atoms with Gasteiger partial charge < -0.3 is 20.3 Å². The number of nitrogens with one attached hydrogen (secondary N) is 2. The van der Waals surface area contributed by atoms with Crippen LogP contribution in [0.2, 0.25) is 0 Å². The topological polar surface area (TPSA) is 66.0 Å². The van der Waals surface area contributed by atoms with Gasteiger partial charge >= 0.3 is 0 Å². The maximum atomic E-state index is 12.1. The number of nitrogens with zero attached hydrogens (tertiary/aromatic N) is 2. The molecule has 3 rings (SSSR count). The SMILES string of the molecule is CN=C(NCCc1ccccc1OC)NCc1ccc(N2CCCCC2=O)cc1.I. The van der Waals surface area contributed by atoms with E-state index in [0.29, 0.717) is 13.0 Å². The van der Waals surface area contributed by atoms with Crippen LogP contribution in [0, 0.1) is 0 Å². The van der Waals surface area contributed by atoms with Crippen molar-refractivity contribution in [3.63, 3.8) is 0 Å². The van der Waals surface area contributed by atoms with Crippen molar-refractivity contribution in [3.8, 4) is 5.75 Å². The Morgan fingerprint density at radius 2 is 1.87 bits per heavy atom. The number of ether oxygens (including phenoxy) is 1.